The van der Waals surface area contributed by atoms with Crippen molar-refractivity contribution in [3.63, 3.8) is 0 Å². The van der Waals surface area contributed by atoms with Crippen LogP contribution >= 0.6 is 0 Å². The van der Waals surface area contributed by atoms with Gasteiger partial charge in [-0.25, -0.2) is 0 Å². The second-order valence-corrected chi connectivity index (χ2v) is 4.57. The number of aromatic nitrogens is 1. The summed E-state index contributed by atoms with van der Waals surface area (Å²) in [5.74, 6) is 0. The van der Waals surface area contributed by atoms with Crippen molar-refractivity contribution in [1.29, 1.82) is 0 Å². The highest BCUT2D eigenvalue weighted by Gasteiger charge is 2.18. The molecule has 0 amide bonds. The number of anilines is 1. The molecule has 0 atom stereocenters. The normalized spacial score (nSPS) is 15.3. The first-order chi connectivity index (χ1) is 8.86. The Morgan fingerprint density at radius 1 is 1.28 bits per heavy atom. The minimum absolute atomic E-state index is 0.0755. The van der Waals surface area contributed by atoms with Crippen molar-refractivity contribution in [1.82, 2.24) is 4.98 Å². The highest BCUT2D eigenvalue weighted by Crippen LogP contribution is 2.23. The zero-order chi connectivity index (χ0) is 12.4. The summed E-state index contributed by atoms with van der Waals surface area (Å²) < 4.78 is 5.42. The zero-order valence-electron chi connectivity index (χ0n) is 10.2. The van der Waals surface area contributed by atoms with Gasteiger partial charge in [-0.2, -0.15) is 4.98 Å². The molecule has 1 aromatic carbocycles. The maximum Gasteiger partial charge on any atom is 0.297 e. The van der Waals surface area contributed by atoms with Crippen LogP contribution < -0.4 is 4.90 Å². The molecule has 0 saturated heterocycles. The molecule has 18 heavy (non-hydrogen) atoms. The Hall–Kier alpha value is -1.81. The number of aliphatic hydroxyl groups excluding tert-OH is 1. The highest BCUT2D eigenvalue weighted by atomic mass is 16.4. The topological polar surface area (TPSA) is 49.5 Å². The summed E-state index contributed by atoms with van der Waals surface area (Å²) >= 11 is 0. The third kappa shape index (κ3) is 2.11. The van der Waals surface area contributed by atoms with E-state index in [9.17, 15) is 0 Å². The van der Waals surface area contributed by atoms with Crippen LogP contribution in [0.2, 0.25) is 0 Å². The second kappa shape index (κ2) is 4.82. The second-order valence-electron chi connectivity index (χ2n) is 4.57. The maximum atomic E-state index is 9.02. The van der Waals surface area contributed by atoms with Crippen molar-refractivity contribution < 1.29 is 9.52 Å². The van der Waals surface area contributed by atoms with Crippen molar-refractivity contribution in [3.05, 3.63) is 47.3 Å². The molecule has 0 aliphatic carbocycles. The van der Waals surface area contributed by atoms with Crippen LogP contribution in [-0.2, 0) is 19.6 Å². The van der Waals surface area contributed by atoms with Crippen molar-refractivity contribution in [2.45, 2.75) is 26.0 Å². The Labute approximate surface area is 106 Å². The fourth-order valence-corrected chi connectivity index (χ4v) is 2.38. The summed E-state index contributed by atoms with van der Waals surface area (Å²) in [4.78, 5) is 6.41. The number of nitrogens with zero attached hydrogens (tertiary/aromatic N) is 2. The van der Waals surface area contributed by atoms with Crippen LogP contribution in [0, 0.1) is 0 Å². The smallest absolute Gasteiger partial charge is 0.297 e. The molecule has 2 aromatic rings. The van der Waals surface area contributed by atoms with E-state index >= 15 is 0 Å². The Morgan fingerprint density at radius 3 is 2.89 bits per heavy atom. The largest absolute Gasteiger partial charge is 0.432 e. The van der Waals surface area contributed by atoms with Gasteiger partial charge in [-0.1, -0.05) is 24.3 Å². The molecule has 0 spiro atoms. The summed E-state index contributed by atoms with van der Waals surface area (Å²) in [5.41, 5.74) is 3.33. The van der Waals surface area contributed by atoms with Crippen molar-refractivity contribution in [3.8, 4) is 0 Å². The summed E-state index contributed by atoms with van der Waals surface area (Å²) in [6.07, 6.45) is 3.71. The number of aryl methyl sites for hydroxylation is 1. The van der Waals surface area contributed by atoms with Gasteiger partial charge in [0, 0.05) is 13.1 Å². The van der Waals surface area contributed by atoms with Gasteiger partial charge in [0.25, 0.3) is 6.01 Å². The van der Waals surface area contributed by atoms with Gasteiger partial charge >= 0.3 is 0 Å². The van der Waals surface area contributed by atoms with Crippen LogP contribution in [-0.4, -0.2) is 16.6 Å². The summed E-state index contributed by atoms with van der Waals surface area (Å²) in [5, 5.41) is 9.02. The van der Waals surface area contributed by atoms with Gasteiger partial charge in [0.15, 0.2) is 0 Å². The molecular formula is C14H16N2O2. The van der Waals surface area contributed by atoms with E-state index in [-0.39, 0.29) is 6.61 Å². The van der Waals surface area contributed by atoms with Gasteiger partial charge in [-0.05, 0) is 24.0 Å². The lowest BCUT2D eigenvalue weighted by Gasteiger charge is -2.18. The Balaban J connectivity index is 1.86. The minimum Gasteiger partial charge on any atom is -0.432 e. The van der Waals surface area contributed by atoms with Crippen molar-refractivity contribution in [2.75, 3.05) is 11.4 Å². The minimum atomic E-state index is -0.0755. The molecule has 4 heteroatoms. The van der Waals surface area contributed by atoms with Gasteiger partial charge in [0.1, 0.15) is 12.0 Å². The van der Waals surface area contributed by atoms with Gasteiger partial charge in [-0.3, -0.25) is 0 Å². The van der Waals surface area contributed by atoms with Crippen molar-refractivity contribution in [2.24, 2.45) is 0 Å². The van der Waals surface area contributed by atoms with E-state index in [1.54, 1.807) is 0 Å². The first-order valence-electron chi connectivity index (χ1n) is 6.24. The van der Waals surface area contributed by atoms with E-state index in [0.717, 1.165) is 25.9 Å². The molecule has 1 aromatic heterocycles. The summed E-state index contributed by atoms with van der Waals surface area (Å²) in [6.45, 7) is 1.68. The molecule has 0 bridgehead atoms. The van der Waals surface area contributed by atoms with Gasteiger partial charge < -0.3 is 14.4 Å². The first-order valence-corrected chi connectivity index (χ1v) is 6.24. The van der Waals surface area contributed by atoms with Crippen molar-refractivity contribution >= 4 is 6.01 Å². The molecule has 1 aliphatic heterocycles. The number of oxazole rings is 1. The molecule has 1 N–H and O–H groups in total. The fraction of sp³-hybridized carbons (Fsp3) is 0.357. The number of hydrogen-bond donors (Lipinski definition) is 1. The SMILES string of the molecule is OCc1coc(N2CCCc3ccccc3C2)n1. The lowest BCUT2D eigenvalue weighted by Crippen LogP contribution is -2.22. The molecular weight excluding hydrogens is 228 g/mol. The van der Waals surface area contributed by atoms with E-state index in [2.05, 4.69) is 34.1 Å². The Morgan fingerprint density at radius 2 is 2.11 bits per heavy atom. The van der Waals surface area contributed by atoms with Crippen LogP contribution in [0.15, 0.2) is 34.9 Å². The van der Waals surface area contributed by atoms with Crippen LogP contribution in [0.5, 0.6) is 0 Å². The third-order valence-electron chi connectivity index (χ3n) is 3.33. The average molecular weight is 244 g/mol. The molecule has 3 rings (SSSR count). The molecule has 0 radical (unpaired) electrons. The lowest BCUT2D eigenvalue weighted by molar-refractivity contribution is 0.276. The standard InChI is InChI=1S/C14H16N2O2/c17-9-13-10-18-14(15-13)16-7-3-6-11-4-1-2-5-12(11)8-16/h1-2,4-5,10,17H,3,6-9H2. The van der Waals surface area contributed by atoms with E-state index in [1.165, 1.54) is 17.4 Å². The fourth-order valence-electron chi connectivity index (χ4n) is 2.38. The molecule has 4 nitrogen and oxygen atoms in total. The molecule has 0 saturated carbocycles. The molecule has 94 valence electrons. The summed E-state index contributed by atoms with van der Waals surface area (Å²) in [7, 11) is 0. The maximum absolute atomic E-state index is 9.02. The Kier molecular flexibility index (Phi) is 3.02. The molecule has 1 aliphatic rings. The van der Waals surface area contributed by atoms with E-state index in [1.807, 2.05) is 0 Å². The van der Waals surface area contributed by atoms with E-state index < -0.39 is 0 Å². The van der Waals surface area contributed by atoms with Gasteiger partial charge in [0.2, 0.25) is 0 Å². The van der Waals surface area contributed by atoms with Crippen LogP contribution in [0.3, 0.4) is 0 Å². The van der Waals surface area contributed by atoms with E-state index in [0.29, 0.717) is 11.7 Å². The number of aliphatic hydroxyl groups is 1. The number of hydrogen-bond acceptors (Lipinski definition) is 4. The molecule has 0 fully saturated rings. The van der Waals surface area contributed by atoms with E-state index in [4.69, 9.17) is 9.52 Å². The number of fused-ring (bicyclic) bond motifs is 1. The third-order valence-corrected chi connectivity index (χ3v) is 3.33. The predicted octanol–water partition coefficient (Wildman–Crippen LogP) is 2.12. The monoisotopic (exact) mass is 244 g/mol. The van der Waals surface area contributed by atoms with Crippen LogP contribution in [0.25, 0.3) is 0 Å². The quantitative estimate of drug-likeness (QED) is 0.879. The Bertz CT molecular complexity index is 536. The van der Waals surface area contributed by atoms with Crippen LogP contribution in [0.4, 0.5) is 6.01 Å². The lowest BCUT2D eigenvalue weighted by atomic mass is 10.0. The predicted molar refractivity (Wildman–Crippen MR) is 68.2 cm³/mol. The van der Waals surface area contributed by atoms with Gasteiger partial charge in [-0.15, -0.1) is 0 Å². The number of benzene rings is 1. The van der Waals surface area contributed by atoms with Crippen LogP contribution in [0.1, 0.15) is 23.2 Å². The molecule has 0 unspecified atom stereocenters. The average Bonchev–Trinajstić information content (AvgIpc) is 2.78. The van der Waals surface area contributed by atoms with Gasteiger partial charge in [0.05, 0.1) is 6.61 Å². The summed E-state index contributed by atoms with van der Waals surface area (Å²) in [6, 6.07) is 9.10. The first kappa shape index (κ1) is 11.3. The zero-order valence-corrected chi connectivity index (χ0v) is 10.2. The molecule has 2 heterocycles. The highest BCUT2D eigenvalue weighted by molar-refractivity contribution is 5.36. The number of rotatable bonds is 2.